The molecule has 2 aromatic heterocycles. The summed E-state index contributed by atoms with van der Waals surface area (Å²) in [5, 5.41) is 7.60. The van der Waals surface area contributed by atoms with Crippen LogP contribution < -0.4 is 5.32 Å². The van der Waals surface area contributed by atoms with Crippen molar-refractivity contribution in [2.75, 3.05) is 13.1 Å². The van der Waals surface area contributed by atoms with Gasteiger partial charge in [-0.3, -0.25) is 14.4 Å². The molecule has 25 heavy (non-hydrogen) atoms. The fourth-order valence-electron chi connectivity index (χ4n) is 3.51. The number of thiazole rings is 1. The van der Waals surface area contributed by atoms with Crippen LogP contribution in [0.2, 0.25) is 0 Å². The summed E-state index contributed by atoms with van der Waals surface area (Å²) in [6, 6.07) is 2.41. The van der Waals surface area contributed by atoms with E-state index in [-0.39, 0.29) is 5.91 Å². The maximum absolute atomic E-state index is 11.9. The molecule has 1 fully saturated rings. The van der Waals surface area contributed by atoms with Crippen molar-refractivity contribution in [2.45, 2.75) is 51.7 Å². The molecule has 7 heteroatoms. The number of hydrogen-bond acceptors (Lipinski definition) is 5. The number of fused-ring (bicyclic) bond motifs is 1. The van der Waals surface area contributed by atoms with E-state index in [4.69, 9.17) is 0 Å². The van der Waals surface area contributed by atoms with Crippen LogP contribution in [-0.4, -0.2) is 38.7 Å². The molecule has 1 unspecified atom stereocenters. The summed E-state index contributed by atoms with van der Waals surface area (Å²) >= 11 is 1.73. The number of nitrogens with zero attached hydrogens (tertiary/aromatic N) is 4. The third-order valence-electron chi connectivity index (χ3n) is 5.14. The first-order valence-corrected chi connectivity index (χ1v) is 9.97. The van der Waals surface area contributed by atoms with Crippen molar-refractivity contribution < 1.29 is 4.79 Å². The summed E-state index contributed by atoms with van der Waals surface area (Å²) in [6.45, 7) is 5.62. The molecule has 2 aliphatic rings. The van der Waals surface area contributed by atoms with Gasteiger partial charge in [0.05, 0.1) is 22.9 Å². The Morgan fingerprint density at radius 2 is 2.32 bits per heavy atom. The predicted molar refractivity (Wildman–Crippen MR) is 97.2 cm³/mol. The van der Waals surface area contributed by atoms with Gasteiger partial charge in [-0.1, -0.05) is 0 Å². The minimum atomic E-state index is 0.205. The summed E-state index contributed by atoms with van der Waals surface area (Å²) in [5.41, 5.74) is 4.31. The van der Waals surface area contributed by atoms with Crippen molar-refractivity contribution in [2.24, 2.45) is 5.92 Å². The van der Waals surface area contributed by atoms with Gasteiger partial charge in [0.15, 0.2) is 0 Å². The lowest BCUT2D eigenvalue weighted by molar-refractivity contribution is -0.121. The van der Waals surface area contributed by atoms with E-state index in [1.54, 1.807) is 11.3 Å². The van der Waals surface area contributed by atoms with E-state index in [9.17, 15) is 4.79 Å². The fraction of sp³-hybridized carbons (Fsp3) is 0.611. The Morgan fingerprint density at radius 1 is 1.44 bits per heavy atom. The minimum absolute atomic E-state index is 0.205. The van der Waals surface area contributed by atoms with E-state index in [0.29, 0.717) is 18.4 Å². The van der Waals surface area contributed by atoms with Crippen molar-refractivity contribution in [3.8, 4) is 0 Å². The Balaban J connectivity index is 1.35. The highest BCUT2D eigenvalue weighted by atomic mass is 32.1. The number of amides is 1. The number of carbonyl (C=O) groups excluding carboxylic acids is 1. The topological polar surface area (TPSA) is 63.1 Å². The molecule has 1 saturated carbocycles. The number of hydrogen-bond donors (Lipinski definition) is 1. The largest absolute Gasteiger partial charge is 0.356 e. The maximum atomic E-state index is 11.9. The number of carbonyl (C=O) groups is 1. The average Bonchev–Trinajstić information content (AvgIpc) is 3.11. The van der Waals surface area contributed by atoms with Crippen molar-refractivity contribution >= 4 is 17.2 Å². The van der Waals surface area contributed by atoms with E-state index in [0.717, 1.165) is 38.3 Å². The van der Waals surface area contributed by atoms with Crippen molar-refractivity contribution in [3.05, 3.63) is 34.0 Å². The van der Waals surface area contributed by atoms with Gasteiger partial charge in [0.1, 0.15) is 0 Å². The highest BCUT2D eigenvalue weighted by Crippen LogP contribution is 2.32. The standard InChI is InChI=1S/C18H25N5OS/c1-13-17(25-12-20-13)11-22-9-15(23-16(10-22)5-7-21-23)4-6-19-18(24)8-14-2-3-14/h5,7,12,14-15H,2-4,6,8-11H2,1H3,(H,19,24). The molecule has 0 spiro atoms. The monoisotopic (exact) mass is 359 g/mol. The predicted octanol–water partition coefficient (Wildman–Crippen LogP) is 2.51. The first-order valence-electron chi connectivity index (χ1n) is 9.09. The minimum Gasteiger partial charge on any atom is -0.356 e. The molecule has 6 nitrogen and oxygen atoms in total. The second-order valence-corrected chi connectivity index (χ2v) is 8.18. The quantitative estimate of drug-likeness (QED) is 0.825. The maximum Gasteiger partial charge on any atom is 0.220 e. The molecular weight excluding hydrogens is 334 g/mol. The van der Waals surface area contributed by atoms with Crippen LogP contribution in [0.15, 0.2) is 17.8 Å². The molecule has 0 aromatic carbocycles. The van der Waals surface area contributed by atoms with Gasteiger partial charge in [0.25, 0.3) is 0 Å². The molecule has 0 saturated heterocycles. The van der Waals surface area contributed by atoms with Crippen molar-refractivity contribution in [1.29, 1.82) is 0 Å². The van der Waals surface area contributed by atoms with Crippen LogP contribution in [0, 0.1) is 12.8 Å². The highest BCUT2D eigenvalue weighted by molar-refractivity contribution is 7.09. The lowest BCUT2D eigenvalue weighted by atomic mass is 10.1. The fourth-order valence-corrected chi connectivity index (χ4v) is 4.33. The molecule has 1 aliphatic heterocycles. The molecule has 134 valence electrons. The van der Waals surface area contributed by atoms with E-state index in [1.165, 1.54) is 23.4 Å². The second kappa shape index (κ2) is 7.25. The molecule has 4 rings (SSSR count). The van der Waals surface area contributed by atoms with Gasteiger partial charge in [0.2, 0.25) is 5.91 Å². The van der Waals surface area contributed by atoms with Gasteiger partial charge in [0, 0.05) is 43.7 Å². The molecule has 1 amide bonds. The van der Waals surface area contributed by atoms with E-state index in [1.807, 2.05) is 11.7 Å². The number of aryl methyl sites for hydroxylation is 1. The zero-order valence-electron chi connectivity index (χ0n) is 14.6. The third-order valence-corrected chi connectivity index (χ3v) is 6.06. The smallest absolute Gasteiger partial charge is 0.220 e. The SMILES string of the molecule is Cc1ncsc1CN1Cc2ccnn2C(CCNC(=O)CC2CC2)C1. The van der Waals surface area contributed by atoms with Crippen molar-refractivity contribution in [1.82, 2.24) is 25.0 Å². The Kier molecular flexibility index (Phi) is 4.85. The normalized spacial score (nSPS) is 20.4. The van der Waals surface area contributed by atoms with Crippen LogP contribution in [0.5, 0.6) is 0 Å². The summed E-state index contributed by atoms with van der Waals surface area (Å²) in [5.74, 6) is 0.849. The van der Waals surface area contributed by atoms with Gasteiger partial charge in [-0.25, -0.2) is 4.98 Å². The van der Waals surface area contributed by atoms with E-state index >= 15 is 0 Å². The van der Waals surface area contributed by atoms with Crippen LogP contribution in [0.4, 0.5) is 0 Å². The summed E-state index contributed by atoms with van der Waals surface area (Å²) in [7, 11) is 0. The molecule has 1 N–H and O–H groups in total. The van der Waals surface area contributed by atoms with Gasteiger partial charge in [-0.2, -0.15) is 5.10 Å². The molecule has 3 heterocycles. The lowest BCUT2D eigenvalue weighted by Gasteiger charge is -2.33. The van der Waals surface area contributed by atoms with E-state index in [2.05, 4.69) is 38.0 Å². The number of nitrogens with one attached hydrogen (secondary N) is 1. The van der Waals surface area contributed by atoms with E-state index < -0.39 is 0 Å². The molecule has 0 bridgehead atoms. The van der Waals surface area contributed by atoms with Crippen LogP contribution >= 0.6 is 11.3 Å². The van der Waals surface area contributed by atoms with Gasteiger partial charge in [-0.05, 0) is 38.2 Å². The Labute approximate surface area is 152 Å². The van der Waals surface area contributed by atoms with Crippen LogP contribution in [0.1, 0.15) is 48.0 Å². The Morgan fingerprint density at radius 3 is 3.08 bits per heavy atom. The van der Waals surface area contributed by atoms with Crippen LogP contribution in [-0.2, 0) is 17.9 Å². The van der Waals surface area contributed by atoms with Gasteiger partial charge >= 0.3 is 0 Å². The zero-order valence-corrected chi connectivity index (χ0v) is 15.5. The average molecular weight is 359 g/mol. The Bertz CT molecular complexity index is 735. The lowest BCUT2D eigenvalue weighted by Crippen LogP contribution is -2.39. The van der Waals surface area contributed by atoms with Crippen LogP contribution in [0.3, 0.4) is 0 Å². The molecule has 1 atom stereocenters. The van der Waals surface area contributed by atoms with Crippen molar-refractivity contribution in [3.63, 3.8) is 0 Å². The number of rotatable bonds is 7. The molecular formula is C18H25N5OS. The highest BCUT2D eigenvalue weighted by Gasteiger charge is 2.27. The molecule has 1 aliphatic carbocycles. The zero-order chi connectivity index (χ0) is 17.2. The summed E-state index contributed by atoms with van der Waals surface area (Å²) in [4.78, 5) is 20.1. The van der Waals surface area contributed by atoms with Gasteiger partial charge < -0.3 is 5.32 Å². The molecule has 0 radical (unpaired) electrons. The number of aromatic nitrogens is 3. The first kappa shape index (κ1) is 16.7. The summed E-state index contributed by atoms with van der Waals surface area (Å²) in [6.07, 6.45) is 5.95. The van der Waals surface area contributed by atoms with Crippen LogP contribution in [0.25, 0.3) is 0 Å². The summed E-state index contributed by atoms with van der Waals surface area (Å²) < 4.78 is 2.14. The molecule has 2 aromatic rings. The Hall–Kier alpha value is -1.73. The third kappa shape index (κ3) is 4.10. The second-order valence-electron chi connectivity index (χ2n) is 7.24. The van der Waals surface area contributed by atoms with Gasteiger partial charge in [-0.15, -0.1) is 11.3 Å². The first-order chi connectivity index (χ1) is 12.2.